The second kappa shape index (κ2) is 11.6. The summed E-state index contributed by atoms with van der Waals surface area (Å²) < 4.78 is 5.26. The average molecular weight is 490 g/mol. The molecule has 0 aliphatic heterocycles. The molecule has 2 aromatic carbocycles. The van der Waals surface area contributed by atoms with Crippen LogP contribution in [0.25, 0.3) is 16.1 Å². The molecular weight excluding hydrogens is 462 g/mol. The molecule has 8 nitrogen and oxygen atoms in total. The van der Waals surface area contributed by atoms with Crippen molar-refractivity contribution in [3.63, 3.8) is 0 Å². The second-order valence-electron chi connectivity index (χ2n) is 8.33. The van der Waals surface area contributed by atoms with Gasteiger partial charge in [-0.1, -0.05) is 55.3 Å². The van der Waals surface area contributed by atoms with Crippen LogP contribution >= 0.6 is 11.8 Å². The standard InChI is InChI=1S/C26H27N5O3S/c1-27-23-22(18-7-6-10-21(15-18)34-2)30-26(31-24(23)32)35-16-17-11-13-20(14-12-17)29-25(33)28-19-8-4-3-5-9-19/h6-7,10-15,19H,3-5,8-9,16H2,2H3,(H2,28,29,33)(H,30,31,32). The molecule has 0 atom stereocenters. The summed E-state index contributed by atoms with van der Waals surface area (Å²) in [7, 11) is 1.56. The van der Waals surface area contributed by atoms with E-state index in [1.807, 2.05) is 24.3 Å². The van der Waals surface area contributed by atoms with Crippen molar-refractivity contribution in [1.82, 2.24) is 15.3 Å². The van der Waals surface area contributed by atoms with Crippen molar-refractivity contribution in [3.8, 4) is 17.0 Å². The number of urea groups is 1. The van der Waals surface area contributed by atoms with Crippen molar-refractivity contribution >= 4 is 29.2 Å². The third kappa shape index (κ3) is 6.43. The summed E-state index contributed by atoms with van der Waals surface area (Å²) in [5.74, 6) is 1.18. The van der Waals surface area contributed by atoms with Crippen LogP contribution in [0.15, 0.2) is 58.5 Å². The Bertz CT molecular complexity index is 1280. The molecule has 0 radical (unpaired) electrons. The van der Waals surface area contributed by atoms with Gasteiger partial charge in [0.25, 0.3) is 11.2 Å². The fourth-order valence-corrected chi connectivity index (χ4v) is 4.84. The zero-order valence-electron chi connectivity index (χ0n) is 19.5. The zero-order chi connectivity index (χ0) is 24.6. The van der Waals surface area contributed by atoms with Crippen LogP contribution in [0.3, 0.4) is 0 Å². The number of anilines is 1. The lowest BCUT2D eigenvalue weighted by molar-refractivity contribution is 0.244. The fraction of sp³-hybridized carbons (Fsp3) is 0.308. The summed E-state index contributed by atoms with van der Waals surface area (Å²) in [6.45, 7) is 7.41. The number of hydrogen-bond acceptors (Lipinski definition) is 5. The van der Waals surface area contributed by atoms with Gasteiger partial charge >= 0.3 is 6.03 Å². The van der Waals surface area contributed by atoms with Crippen LogP contribution in [0.2, 0.25) is 0 Å². The van der Waals surface area contributed by atoms with Gasteiger partial charge in [0.1, 0.15) is 5.75 Å². The highest BCUT2D eigenvalue weighted by molar-refractivity contribution is 7.98. The molecule has 1 saturated carbocycles. The number of amides is 2. The number of hydrogen-bond donors (Lipinski definition) is 3. The largest absolute Gasteiger partial charge is 0.497 e. The van der Waals surface area contributed by atoms with E-state index in [1.54, 1.807) is 31.4 Å². The van der Waals surface area contributed by atoms with E-state index in [0.29, 0.717) is 27.9 Å². The van der Waals surface area contributed by atoms with Gasteiger partial charge in [0, 0.05) is 17.5 Å². The van der Waals surface area contributed by atoms with Crippen LogP contribution in [0, 0.1) is 6.57 Å². The number of benzene rings is 2. The number of nitrogens with zero attached hydrogens (tertiary/aromatic N) is 2. The molecule has 3 N–H and O–H groups in total. The van der Waals surface area contributed by atoms with Crippen molar-refractivity contribution in [3.05, 3.63) is 75.9 Å². The molecule has 0 saturated heterocycles. The highest BCUT2D eigenvalue weighted by atomic mass is 32.2. The van der Waals surface area contributed by atoms with Crippen molar-refractivity contribution in [2.75, 3.05) is 12.4 Å². The van der Waals surface area contributed by atoms with Gasteiger partial charge in [-0.3, -0.25) is 4.79 Å². The quantitative estimate of drug-likeness (QED) is 0.223. The van der Waals surface area contributed by atoms with Crippen molar-refractivity contribution in [2.45, 2.75) is 49.1 Å². The molecule has 35 heavy (non-hydrogen) atoms. The number of rotatable bonds is 7. The van der Waals surface area contributed by atoms with E-state index in [4.69, 9.17) is 11.3 Å². The number of carbonyl (C=O) groups excluding carboxylic acids is 1. The minimum Gasteiger partial charge on any atom is -0.497 e. The van der Waals surface area contributed by atoms with E-state index in [-0.39, 0.29) is 17.8 Å². The van der Waals surface area contributed by atoms with Crippen LogP contribution in [0.1, 0.15) is 37.7 Å². The Morgan fingerprint density at radius 1 is 1.20 bits per heavy atom. The lowest BCUT2D eigenvalue weighted by atomic mass is 9.96. The van der Waals surface area contributed by atoms with Crippen LogP contribution in [-0.4, -0.2) is 29.2 Å². The monoisotopic (exact) mass is 489 g/mol. The van der Waals surface area contributed by atoms with E-state index in [0.717, 1.165) is 24.1 Å². The Kier molecular flexibility index (Phi) is 8.06. The number of nitrogens with one attached hydrogen (secondary N) is 3. The SMILES string of the molecule is [C-]#[N+]c1c(-c2cccc(OC)c2)nc(SCc2ccc(NC(=O)NC3CCCCC3)cc2)[nH]c1=O. The molecular formula is C26H27N5O3S. The van der Waals surface area contributed by atoms with Gasteiger partial charge in [-0.2, -0.15) is 0 Å². The van der Waals surface area contributed by atoms with Crippen molar-refractivity contribution < 1.29 is 9.53 Å². The maximum atomic E-state index is 12.5. The minimum atomic E-state index is -0.473. The van der Waals surface area contributed by atoms with E-state index in [2.05, 4.69) is 25.4 Å². The van der Waals surface area contributed by atoms with E-state index < -0.39 is 5.56 Å². The molecule has 1 aliphatic carbocycles. The predicted octanol–water partition coefficient (Wildman–Crippen LogP) is 5.74. The Morgan fingerprint density at radius 3 is 2.69 bits per heavy atom. The highest BCUT2D eigenvalue weighted by Crippen LogP contribution is 2.30. The molecule has 3 aromatic rings. The molecule has 1 aliphatic rings. The number of thioether (sulfide) groups is 1. The van der Waals surface area contributed by atoms with Crippen LogP contribution < -0.4 is 20.9 Å². The maximum Gasteiger partial charge on any atom is 0.319 e. The van der Waals surface area contributed by atoms with Gasteiger partial charge in [-0.05, 0) is 48.2 Å². The summed E-state index contributed by atoms with van der Waals surface area (Å²) in [5, 5.41) is 6.36. The topological polar surface area (TPSA) is 100 Å². The van der Waals surface area contributed by atoms with Gasteiger partial charge in [-0.25, -0.2) is 14.6 Å². The molecule has 1 fully saturated rings. The first-order chi connectivity index (χ1) is 17.1. The fourth-order valence-electron chi connectivity index (χ4n) is 4.03. The molecule has 0 unspecified atom stereocenters. The third-order valence-electron chi connectivity index (χ3n) is 5.86. The average Bonchev–Trinajstić information content (AvgIpc) is 2.88. The molecule has 0 bridgehead atoms. The lowest BCUT2D eigenvalue weighted by Crippen LogP contribution is -2.38. The summed E-state index contributed by atoms with van der Waals surface area (Å²) in [5.41, 5.74) is 2.18. The van der Waals surface area contributed by atoms with Gasteiger partial charge in [0.2, 0.25) is 0 Å². The molecule has 1 heterocycles. The van der Waals surface area contributed by atoms with Crippen molar-refractivity contribution in [1.29, 1.82) is 0 Å². The number of H-pyrrole nitrogens is 1. The first kappa shape index (κ1) is 24.4. The Hall–Kier alpha value is -3.77. The molecule has 0 spiro atoms. The number of aromatic nitrogens is 2. The lowest BCUT2D eigenvalue weighted by Gasteiger charge is -2.22. The smallest absolute Gasteiger partial charge is 0.319 e. The Labute approximate surface area is 208 Å². The van der Waals surface area contributed by atoms with E-state index in [9.17, 15) is 9.59 Å². The first-order valence-electron chi connectivity index (χ1n) is 11.5. The Balaban J connectivity index is 1.41. The number of methoxy groups -OCH3 is 1. The molecule has 1 aromatic heterocycles. The van der Waals surface area contributed by atoms with Gasteiger partial charge in [-0.15, -0.1) is 0 Å². The zero-order valence-corrected chi connectivity index (χ0v) is 20.3. The van der Waals surface area contributed by atoms with E-state index in [1.165, 1.54) is 31.0 Å². The summed E-state index contributed by atoms with van der Waals surface area (Å²) >= 11 is 1.37. The third-order valence-corrected chi connectivity index (χ3v) is 6.80. The normalized spacial score (nSPS) is 13.6. The first-order valence-corrected chi connectivity index (χ1v) is 12.5. The summed E-state index contributed by atoms with van der Waals surface area (Å²) in [6, 6.07) is 14.8. The van der Waals surface area contributed by atoms with Gasteiger partial charge in [0.15, 0.2) is 5.16 Å². The predicted molar refractivity (Wildman–Crippen MR) is 138 cm³/mol. The molecule has 9 heteroatoms. The maximum absolute atomic E-state index is 12.5. The Morgan fingerprint density at radius 2 is 1.97 bits per heavy atom. The molecule has 2 amide bonds. The number of aromatic amines is 1. The van der Waals surface area contributed by atoms with Crippen LogP contribution in [0.5, 0.6) is 5.75 Å². The molecule has 4 rings (SSSR count). The summed E-state index contributed by atoms with van der Waals surface area (Å²) in [6.07, 6.45) is 5.65. The van der Waals surface area contributed by atoms with Gasteiger partial charge in [0.05, 0.1) is 19.4 Å². The number of ether oxygens (including phenoxy) is 1. The van der Waals surface area contributed by atoms with Crippen LogP contribution in [0.4, 0.5) is 16.2 Å². The van der Waals surface area contributed by atoms with E-state index >= 15 is 0 Å². The van der Waals surface area contributed by atoms with Crippen LogP contribution in [-0.2, 0) is 5.75 Å². The van der Waals surface area contributed by atoms with Crippen molar-refractivity contribution in [2.24, 2.45) is 0 Å². The minimum absolute atomic E-state index is 0.0514. The second-order valence-corrected chi connectivity index (χ2v) is 9.30. The number of carbonyl (C=O) groups is 1. The van der Waals surface area contributed by atoms with Gasteiger partial charge < -0.3 is 20.4 Å². The highest BCUT2D eigenvalue weighted by Gasteiger charge is 2.16. The molecule has 180 valence electrons. The summed E-state index contributed by atoms with van der Waals surface area (Å²) in [4.78, 5) is 35.4.